The van der Waals surface area contributed by atoms with Crippen molar-refractivity contribution in [2.45, 2.75) is 12.5 Å². The maximum atomic E-state index is 11.3. The molecule has 0 aromatic heterocycles. The van der Waals surface area contributed by atoms with Crippen molar-refractivity contribution in [3.8, 4) is 5.75 Å². The Morgan fingerprint density at radius 2 is 2.28 bits per heavy atom. The first kappa shape index (κ1) is 14.3. The number of anilines is 1. The molecule has 18 heavy (non-hydrogen) atoms. The molecule has 1 rings (SSSR count). The van der Waals surface area contributed by atoms with Gasteiger partial charge >= 0.3 is 0 Å². The van der Waals surface area contributed by atoms with Crippen molar-refractivity contribution < 1.29 is 19.7 Å². The van der Waals surface area contributed by atoms with Gasteiger partial charge in [-0.1, -0.05) is 6.07 Å². The normalized spacial score (nSPS) is 11.9. The maximum absolute atomic E-state index is 11.3. The highest BCUT2D eigenvalue weighted by molar-refractivity contribution is 5.76. The first-order valence-corrected chi connectivity index (χ1v) is 5.65. The summed E-state index contributed by atoms with van der Waals surface area (Å²) in [5.74, 6) is 0.365. The van der Waals surface area contributed by atoms with Crippen LogP contribution in [0.1, 0.15) is 6.42 Å². The number of nitrogens with one attached hydrogen (secondary N) is 1. The van der Waals surface area contributed by atoms with E-state index in [2.05, 4.69) is 5.32 Å². The number of hydrogen-bond donors (Lipinski definition) is 4. The van der Waals surface area contributed by atoms with Gasteiger partial charge in [0.1, 0.15) is 5.75 Å². The van der Waals surface area contributed by atoms with Gasteiger partial charge in [0, 0.05) is 18.3 Å². The van der Waals surface area contributed by atoms with Gasteiger partial charge < -0.3 is 26.0 Å². The average Bonchev–Trinajstić information content (AvgIpc) is 2.36. The largest absolute Gasteiger partial charge is 0.493 e. The molecule has 6 nitrogen and oxygen atoms in total. The first-order chi connectivity index (χ1) is 8.61. The van der Waals surface area contributed by atoms with Gasteiger partial charge in [-0.2, -0.15) is 0 Å². The quantitative estimate of drug-likeness (QED) is 0.491. The van der Waals surface area contributed by atoms with Gasteiger partial charge in [-0.25, -0.2) is 0 Å². The Morgan fingerprint density at radius 3 is 2.94 bits per heavy atom. The molecule has 0 saturated heterocycles. The van der Waals surface area contributed by atoms with E-state index in [1.807, 2.05) is 0 Å². The third-order valence-electron chi connectivity index (χ3n) is 2.20. The van der Waals surface area contributed by atoms with Gasteiger partial charge in [0.15, 0.2) is 0 Å². The lowest BCUT2D eigenvalue weighted by Gasteiger charge is -2.09. The molecule has 1 unspecified atom stereocenters. The lowest BCUT2D eigenvalue weighted by Crippen LogP contribution is -2.34. The second kappa shape index (κ2) is 7.52. The zero-order chi connectivity index (χ0) is 13.4. The van der Waals surface area contributed by atoms with Crippen LogP contribution in [-0.2, 0) is 4.79 Å². The van der Waals surface area contributed by atoms with Gasteiger partial charge in [0.25, 0.3) is 0 Å². The lowest BCUT2D eigenvalue weighted by molar-refractivity contribution is -0.122. The van der Waals surface area contributed by atoms with Gasteiger partial charge in [0.05, 0.1) is 25.7 Å². The van der Waals surface area contributed by atoms with E-state index in [0.717, 1.165) is 0 Å². The molecule has 1 amide bonds. The standard InChI is InChI=1S/C12H18N2O4/c13-9-2-1-3-11(6-9)18-5-4-12(17)14-7-10(16)8-15/h1-3,6,10,15-16H,4-5,7-8,13H2,(H,14,17). The fraction of sp³-hybridized carbons (Fsp3) is 0.417. The molecule has 5 N–H and O–H groups in total. The molecule has 100 valence electrons. The zero-order valence-electron chi connectivity index (χ0n) is 10.0. The Kier molecular flexibility index (Phi) is 5.96. The predicted octanol–water partition coefficient (Wildman–Crippen LogP) is -0.493. The third kappa shape index (κ3) is 5.51. The number of ether oxygens (including phenoxy) is 1. The van der Waals surface area contributed by atoms with Gasteiger partial charge in [-0.3, -0.25) is 4.79 Å². The van der Waals surface area contributed by atoms with Crippen LogP contribution in [0.15, 0.2) is 24.3 Å². The number of aliphatic hydroxyl groups excluding tert-OH is 2. The van der Waals surface area contributed by atoms with Crippen LogP contribution in [0, 0.1) is 0 Å². The minimum atomic E-state index is -0.927. The Balaban J connectivity index is 2.19. The van der Waals surface area contributed by atoms with E-state index in [0.29, 0.717) is 11.4 Å². The van der Waals surface area contributed by atoms with Crippen LogP contribution in [0.5, 0.6) is 5.75 Å². The number of benzene rings is 1. The number of nitrogens with two attached hydrogens (primary N) is 1. The van der Waals surface area contributed by atoms with E-state index in [4.69, 9.17) is 20.7 Å². The number of amides is 1. The maximum Gasteiger partial charge on any atom is 0.223 e. The number of hydrogen-bond acceptors (Lipinski definition) is 5. The van der Waals surface area contributed by atoms with Crippen LogP contribution in [0.3, 0.4) is 0 Å². The van der Waals surface area contributed by atoms with Crippen LogP contribution in [-0.4, -0.2) is 42.0 Å². The molecule has 0 radical (unpaired) electrons. The van der Waals surface area contributed by atoms with Crippen LogP contribution >= 0.6 is 0 Å². The molecule has 0 saturated carbocycles. The first-order valence-electron chi connectivity index (χ1n) is 5.65. The Labute approximate surface area is 105 Å². The fourth-order valence-electron chi connectivity index (χ4n) is 1.25. The van der Waals surface area contributed by atoms with Crippen molar-refractivity contribution in [2.75, 3.05) is 25.5 Å². The third-order valence-corrected chi connectivity index (χ3v) is 2.20. The van der Waals surface area contributed by atoms with E-state index >= 15 is 0 Å². The number of nitrogen functional groups attached to an aromatic ring is 1. The molecule has 0 aliphatic carbocycles. The fourth-order valence-corrected chi connectivity index (χ4v) is 1.25. The van der Waals surface area contributed by atoms with E-state index in [1.165, 1.54) is 0 Å². The second-order valence-electron chi connectivity index (χ2n) is 3.81. The minimum Gasteiger partial charge on any atom is -0.493 e. The highest BCUT2D eigenvalue weighted by atomic mass is 16.5. The molecule has 0 bridgehead atoms. The predicted molar refractivity (Wildman–Crippen MR) is 67.1 cm³/mol. The van der Waals surface area contributed by atoms with E-state index in [-0.39, 0.29) is 32.1 Å². The Bertz CT molecular complexity index is 384. The molecular weight excluding hydrogens is 236 g/mol. The molecule has 1 atom stereocenters. The molecule has 0 aliphatic heterocycles. The molecular formula is C12H18N2O4. The summed E-state index contributed by atoms with van der Waals surface area (Å²) in [6.45, 7) is -0.113. The van der Waals surface area contributed by atoms with Crippen molar-refractivity contribution in [2.24, 2.45) is 0 Å². The lowest BCUT2D eigenvalue weighted by atomic mass is 10.3. The van der Waals surface area contributed by atoms with E-state index in [1.54, 1.807) is 24.3 Å². The highest BCUT2D eigenvalue weighted by Gasteiger charge is 2.05. The summed E-state index contributed by atoms with van der Waals surface area (Å²) < 4.78 is 5.34. The average molecular weight is 254 g/mol. The monoisotopic (exact) mass is 254 g/mol. The molecule has 0 fully saturated rings. The van der Waals surface area contributed by atoms with Gasteiger partial charge in [-0.15, -0.1) is 0 Å². The van der Waals surface area contributed by atoms with Gasteiger partial charge in [0.2, 0.25) is 5.91 Å². The molecule has 6 heteroatoms. The number of aliphatic hydroxyl groups is 2. The molecule has 1 aromatic carbocycles. The summed E-state index contributed by atoms with van der Waals surface area (Å²) in [4.78, 5) is 11.3. The van der Waals surface area contributed by atoms with Crippen molar-refractivity contribution in [1.82, 2.24) is 5.32 Å². The molecule has 1 aromatic rings. The van der Waals surface area contributed by atoms with Crippen molar-refractivity contribution >= 4 is 11.6 Å². The smallest absolute Gasteiger partial charge is 0.223 e. The number of rotatable bonds is 7. The van der Waals surface area contributed by atoms with Crippen LogP contribution in [0.2, 0.25) is 0 Å². The van der Waals surface area contributed by atoms with Crippen molar-refractivity contribution in [1.29, 1.82) is 0 Å². The Hall–Kier alpha value is -1.79. The summed E-state index contributed by atoms with van der Waals surface area (Å²) in [7, 11) is 0. The summed E-state index contributed by atoms with van der Waals surface area (Å²) in [5, 5.41) is 20.1. The second-order valence-corrected chi connectivity index (χ2v) is 3.81. The Morgan fingerprint density at radius 1 is 1.50 bits per heavy atom. The van der Waals surface area contributed by atoms with E-state index in [9.17, 15) is 4.79 Å². The van der Waals surface area contributed by atoms with Crippen LogP contribution in [0.4, 0.5) is 5.69 Å². The SMILES string of the molecule is Nc1cccc(OCCC(=O)NCC(O)CO)c1. The van der Waals surface area contributed by atoms with Gasteiger partial charge in [-0.05, 0) is 12.1 Å². The van der Waals surface area contributed by atoms with Crippen molar-refractivity contribution in [3.05, 3.63) is 24.3 Å². The summed E-state index contributed by atoms with van der Waals surface area (Å²) in [6.07, 6.45) is -0.753. The molecule has 0 spiro atoms. The number of carbonyl (C=O) groups is 1. The van der Waals surface area contributed by atoms with Crippen LogP contribution in [0.25, 0.3) is 0 Å². The zero-order valence-corrected chi connectivity index (χ0v) is 10.0. The van der Waals surface area contributed by atoms with Crippen molar-refractivity contribution in [3.63, 3.8) is 0 Å². The number of carbonyl (C=O) groups excluding carboxylic acids is 1. The topological polar surface area (TPSA) is 105 Å². The minimum absolute atomic E-state index is 0.0353. The summed E-state index contributed by atoms with van der Waals surface area (Å²) in [5.41, 5.74) is 6.18. The molecule has 0 heterocycles. The van der Waals surface area contributed by atoms with E-state index < -0.39 is 6.10 Å². The molecule has 0 aliphatic rings. The highest BCUT2D eigenvalue weighted by Crippen LogP contribution is 2.14. The summed E-state index contributed by atoms with van der Waals surface area (Å²) >= 11 is 0. The van der Waals surface area contributed by atoms with Crippen LogP contribution < -0.4 is 15.8 Å². The summed E-state index contributed by atoms with van der Waals surface area (Å²) in [6, 6.07) is 6.94.